The van der Waals surface area contributed by atoms with Crippen molar-refractivity contribution in [3.05, 3.63) is 23.8 Å². The molecule has 0 bridgehead atoms. The van der Waals surface area contributed by atoms with Crippen molar-refractivity contribution in [2.24, 2.45) is 5.10 Å². The van der Waals surface area contributed by atoms with Crippen LogP contribution in [0.5, 0.6) is 11.5 Å². The Morgan fingerprint density at radius 2 is 2.04 bits per heavy atom. The van der Waals surface area contributed by atoms with Crippen LogP contribution in [-0.2, 0) is 14.3 Å². The molecule has 0 saturated carbocycles. The minimum absolute atomic E-state index is 0.0757. The molecule has 1 aliphatic rings. The lowest BCUT2D eigenvalue weighted by atomic mass is 10.2. The molecular formula is C16H21N3O6. The van der Waals surface area contributed by atoms with Crippen LogP contribution in [0.2, 0.25) is 0 Å². The van der Waals surface area contributed by atoms with Gasteiger partial charge in [0, 0.05) is 13.1 Å². The normalized spacial score (nSPS) is 14.2. The number of methoxy groups -OCH3 is 2. The maximum absolute atomic E-state index is 12.1. The fraction of sp³-hybridized carbons (Fsp3) is 0.438. The number of nitrogens with one attached hydrogen (secondary N) is 1. The second-order valence-electron chi connectivity index (χ2n) is 5.05. The quantitative estimate of drug-likeness (QED) is 0.596. The summed E-state index contributed by atoms with van der Waals surface area (Å²) < 4.78 is 20.5. The SMILES string of the molecule is COC(=O)N/N=C\c1ccc(OCC(=O)N2CCOCC2)c(OC)c1. The van der Waals surface area contributed by atoms with Crippen molar-refractivity contribution in [3.8, 4) is 11.5 Å². The first-order chi connectivity index (χ1) is 12.1. The average molecular weight is 351 g/mol. The average Bonchev–Trinajstić information content (AvgIpc) is 2.66. The van der Waals surface area contributed by atoms with E-state index in [9.17, 15) is 9.59 Å². The lowest BCUT2D eigenvalue weighted by Gasteiger charge is -2.26. The molecule has 0 aliphatic carbocycles. The summed E-state index contributed by atoms with van der Waals surface area (Å²) in [5.41, 5.74) is 2.87. The predicted octanol–water partition coefficient (Wildman–Crippen LogP) is 0.623. The molecule has 1 aromatic rings. The van der Waals surface area contributed by atoms with E-state index < -0.39 is 6.09 Å². The van der Waals surface area contributed by atoms with Crippen LogP contribution in [0.3, 0.4) is 0 Å². The van der Waals surface area contributed by atoms with E-state index in [4.69, 9.17) is 14.2 Å². The Labute approximate surface area is 145 Å². The molecule has 0 radical (unpaired) electrons. The summed E-state index contributed by atoms with van der Waals surface area (Å²) in [7, 11) is 2.75. The molecule has 1 fully saturated rings. The highest BCUT2D eigenvalue weighted by Gasteiger charge is 2.18. The van der Waals surface area contributed by atoms with Gasteiger partial charge in [-0.15, -0.1) is 0 Å². The molecule has 2 rings (SSSR count). The van der Waals surface area contributed by atoms with Crippen LogP contribution in [-0.4, -0.2) is 70.2 Å². The number of hydrazone groups is 1. The number of amides is 2. The molecule has 2 amide bonds. The lowest BCUT2D eigenvalue weighted by molar-refractivity contribution is -0.137. The number of ether oxygens (including phenoxy) is 4. The largest absolute Gasteiger partial charge is 0.493 e. The summed E-state index contributed by atoms with van der Waals surface area (Å²) >= 11 is 0. The van der Waals surface area contributed by atoms with Gasteiger partial charge in [0.05, 0.1) is 33.6 Å². The summed E-state index contributed by atoms with van der Waals surface area (Å²) in [5.74, 6) is 0.803. The van der Waals surface area contributed by atoms with Gasteiger partial charge in [-0.1, -0.05) is 0 Å². The second-order valence-corrected chi connectivity index (χ2v) is 5.05. The first-order valence-corrected chi connectivity index (χ1v) is 7.67. The van der Waals surface area contributed by atoms with Crippen molar-refractivity contribution in [2.45, 2.75) is 0 Å². The van der Waals surface area contributed by atoms with E-state index in [0.29, 0.717) is 43.4 Å². The fourth-order valence-corrected chi connectivity index (χ4v) is 2.13. The summed E-state index contributed by atoms with van der Waals surface area (Å²) in [6.45, 7) is 2.16. The summed E-state index contributed by atoms with van der Waals surface area (Å²) in [5, 5.41) is 3.73. The number of nitrogens with zero attached hydrogens (tertiary/aromatic N) is 2. The Morgan fingerprint density at radius 3 is 2.72 bits per heavy atom. The van der Waals surface area contributed by atoms with Crippen molar-refractivity contribution in [1.82, 2.24) is 10.3 Å². The molecule has 9 nitrogen and oxygen atoms in total. The number of rotatable bonds is 6. The van der Waals surface area contributed by atoms with Gasteiger partial charge in [0.1, 0.15) is 0 Å². The maximum Gasteiger partial charge on any atom is 0.427 e. The number of hydrogen-bond acceptors (Lipinski definition) is 7. The van der Waals surface area contributed by atoms with Crippen LogP contribution in [0.4, 0.5) is 4.79 Å². The number of hydrogen-bond donors (Lipinski definition) is 1. The van der Waals surface area contributed by atoms with Crippen LogP contribution < -0.4 is 14.9 Å². The van der Waals surface area contributed by atoms with Gasteiger partial charge in [0.2, 0.25) is 0 Å². The maximum atomic E-state index is 12.1. The smallest absolute Gasteiger partial charge is 0.427 e. The first-order valence-electron chi connectivity index (χ1n) is 7.67. The van der Waals surface area contributed by atoms with E-state index in [1.165, 1.54) is 20.4 Å². The van der Waals surface area contributed by atoms with Crippen LogP contribution in [0.1, 0.15) is 5.56 Å². The van der Waals surface area contributed by atoms with Crippen molar-refractivity contribution < 1.29 is 28.5 Å². The zero-order chi connectivity index (χ0) is 18.1. The van der Waals surface area contributed by atoms with E-state index in [2.05, 4.69) is 15.3 Å². The molecule has 0 atom stereocenters. The Bertz CT molecular complexity index is 628. The lowest BCUT2D eigenvalue weighted by Crippen LogP contribution is -2.43. The molecule has 1 aromatic carbocycles. The minimum atomic E-state index is -0.662. The van der Waals surface area contributed by atoms with Gasteiger partial charge in [-0.2, -0.15) is 5.10 Å². The van der Waals surface area contributed by atoms with Gasteiger partial charge in [0.15, 0.2) is 18.1 Å². The highest BCUT2D eigenvalue weighted by Crippen LogP contribution is 2.27. The van der Waals surface area contributed by atoms with Gasteiger partial charge >= 0.3 is 6.09 Å². The van der Waals surface area contributed by atoms with E-state index in [0.717, 1.165) is 0 Å². The summed E-state index contributed by atoms with van der Waals surface area (Å²) in [6, 6.07) is 5.07. The van der Waals surface area contributed by atoms with E-state index in [-0.39, 0.29) is 12.5 Å². The van der Waals surface area contributed by atoms with Gasteiger partial charge < -0.3 is 23.8 Å². The monoisotopic (exact) mass is 351 g/mol. The van der Waals surface area contributed by atoms with Crippen LogP contribution in [0.15, 0.2) is 23.3 Å². The van der Waals surface area contributed by atoms with Gasteiger partial charge in [-0.3, -0.25) is 4.79 Å². The van der Waals surface area contributed by atoms with Crippen molar-refractivity contribution in [1.29, 1.82) is 0 Å². The van der Waals surface area contributed by atoms with Crippen molar-refractivity contribution in [3.63, 3.8) is 0 Å². The Kier molecular flexibility index (Phi) is 7.02. The molecule has 1 N–H and O–H groups in total. The summed E-state index contributed by atoms with van der Waals surface area (Å²) in [4.78, 5) is 24.7. The Balaban J connectivity index is 1.94. The van der Waals surface area contributed by atoms with Crippen LogP contribution in [0, 0.1) is 0 Å². The first kappa shape index (κ1) is 18.5. The highest BCUT2D eigenvalue weighted by molar-refractivity contribution is 5.82. The van der Waals surface area contributed by atoms with E-state index >= 15 is 0 Å². The Hall–Kier alpha value is -2.81. The van der Waals surface area contributed by atoms with Gasteiger partial charge in [-0.05, 0) is 23.8 Å². The molecule has 1 aliphatic heterocycles. The molecular weight excluding hydrogens is 330 g/mol. The zero-order valence-electron chi connectivity index (χ0n) is 14.2. The zero-order valence-corrected chi connectivity index (χ0v) is 14.2. The number of carbonyl (C=O) groups is 2. The predicted molar refractivity (Wildman–Crippen MR) is 89.0 cm³/mol. The standard InChI is InChI=1S/C16H21N3O6/c1-22-14-9-12(10-17-18-16(21)23-2)3-4-13(14)25-11-15(20)19-5-7-24-8-6-19/h3-4,9-10H,5-8,11H2,1-2H3,(H,18,21)/b17-10-. The molecule has 0 spiro atoms. The van der Waals surface area contributed by atoms with E-state index in [1.807, 2.05) is 0 Å². The van der Waals surface area contributed by atoms with Crippen molar-refractivity contribution in [2.75, 3.05) is 47.1 Å². The third kappa shape index (κ3) is 5.64. The van der Waals surface area contributed by atoms with E-state index in [1.54, 1.807) is 23.1 Å². The fourth-order valence-electron chi connectivity index (χ4n) is 2.13. The molecule has 0 aromatic heterocycles. The number of morpholine rings is 1. The third-order valence-electron chi connectivity index (χ3n) is 3.46. The second kappa shape index (κ2) is 9.48. The number of carbonyl (C=O) groups excluding carboxylic acids is 2. The Morgan fingerprint density at radius 1 is 1.28 bits per heavy atom. The molecule has 1 saturated heterocycles. The minimum Gasteiger partial charge on any atom is -0.493 e. The summed E-state index contributed by atoms with van der Waals surface area (Å²) in [6.07, 6.45) is 0.770. The number of benzene rings is 1. The third-order valence-corrected chi connectivity index (χ3v) is 3.46. The van der Waals surface area contributed by atoms with Crippen molar-refractivity contribution >= 4 is 18.2 Å². The topological polar surface area (TPSA) is 98.7 Å². The molecule has 0 unspecified atom stereocenters. The molecule has 136 valence electrons. The van der Waals surface area contributed by atoms with Crippen LogP contribution in [0.25, 0.3) is 0 Å². The van der Waals surface area contributed by atoms with Crippen LogP contribution >= 0.6 is 0 Å². The molecule has 1 heterocycles. The molecule has 25 heavy (non-hydrogen) atoms. The van der Waals surface area contributed by atoms with Gasteiger partial charge in [-0.25, -0.2) is 10.2 Å². The molecule has 9 heteroatoms. The van der Waals surface area contributed by atoms with Gasteiger partial charge in [0.25, 0.3) is 5.91 Å². The highest BCUT2D eigenvalue weighted by atomic mass is 16.5.